The third-order valence-corrected chi connectivity index (χ3v) is 6.96. The van der Waals surface area contributed by atoms with Crippen molar-refractivity contribution in [3.05, 3.63) is 46.8 Å². The highest BCUT2D eigenvalue weighted by Crippen LogP contribution is 2.32. The van der Waals surface area contributed by atoms with Crippen LogP contribution in [-0.4, -0.2) is 77.4 Å². The van der Waals surface area contributed by atoms with E-state index in [0.717, 1.165) is 24.9 Å². The van der Waals surface area contributed by atoms with Crippen LogP contribution in [0.1, 0.15) is 6.42 Å². The molecule has 192 valence electrons. The SMILES string of the molecule is COc1ccc2ccc(=O)n(CCCN3C[C@@H]4CN(c5ccc6c(n5)NC(=O)CO6)C(=O)O[C@H]4C3)c2n1. The minimum absolute atomic E-state index is 0.0563. The summed E-state index contributed by atoms with van der Waals surface area (Å²) in [7, 11) is 1.55. The summed E-state index contributed by atoms with van der Waals surface area (Å²) in [5.74, 6) is 1.47. The molecular weight excluding hydrogens is 480 g/mol. The van der Waals surface area contributed by atoms with Crippen LogP contribution in [-0.2, 0) is 16.1 Å². The molecule has 1 N–H and O–H groups in total. The minimum atomic E-state index is -0.457. The summed E-state index contributed by atoms with van der Waals surface area (Å²) >= 11 is 0. The van der Waals surface area contributed by atoms with E-state index in [-0.39, 0.29) is 30.1 Å². The van der Waals surface area contributed by atoms with Crippen molar-refractivity contribution in [3.63, 3.8) is 0 Å². The molecule has 3 aliphatic rings. The summed E-state index contributed by atoms with van der Waals surface area (Å²) in [4.78, 5) is 49.6. The van der Waals surface area contributed by atoms with Gasteiger partial charge in [0.15, 0.2) is 18.2 Å². The van der Waals surface area contributed by atoms with Gasteiger partial charge in [0, 0.05) is 56.2 Å². The van der Waals surface area contributed by atoms with Crippen molar-refractivity contribution in [2.75, 3.05) is 50.1 Å². The Hall–Kier alpha value is -4.19. The molecule has 6 heterocycles. The van der Waals surface area contributed by atoms with E-state index in [1.54, 1.807) is 42.0 Å². The van der Waals surface area contributed by atoms with Crippen LogP contribution < -0.4 is 25.2 Å². The summed E-state index contributed by atoms with van der Waals surface area (Å²) < 4.78 is 18.0. The first kappa shape index (κ1) is 23.2. The number of ether oxygens (including phenoxy) is 3. The Balaban J connectivity index is 1.10. The first-order valence-electron chi connectivity index (χ1n) is 12.2. The van der Waals surface area contributed by atoms with Crippen molar-refractivity contribution in [1.82, 2.24) is 19.4 Å². The Bertz CT molecular complexity index is 1440. The molecule has 0 unspecified atom stereocenters. The highest BCUT2D eigenvalue weighted by atomic mass is 16.6. The van der Waals surface area contributed by atoms with Gasteiger partial charge in [-0.3, -0.25) is 24.0 Å². The van der Waals surface area contributed by atoms with E-state index < -0.39 is 6.09 Å². The summed E-state index contributed by atoms with van der Waals surface area (Å²) in [6.45, 7) is 3.07. The Labute approximate surface area is 211 Å². The first-order chi connectivity index (χ1) is 18.0. The first-order valence-corrected chi connectivity index (χ1v) is 12.2. The number of amides is 2. The zero-order valence-electron chi connectivity index (χ0n) is 20.3. The lowest BCUT2D eigenvalue weighted by molar-refractivity contribution is -0.118. The number of nitrogens with zero attached hydrogens (tertiary/aromatic N) is 5. The molecule has 12 heteroatoms. The number of hydrogen-bond donors (Lipinski definition) is 1. The van der Waals surface area contributed by atoms with Gasteiger partial charge in [0.25, 0.3) is 11.5 Å². The Kier molecular flexibility index (Phi) is 5.87. The molecule has 2 amide bonds. The van der Waals surface area contributed by atoms with E-state index in [9.17, 15) is 14.4 Å². The number of aryl methyl sites for hydroxylation is 1. The summed E-state index contributed by atoms with van der Waals surface area (Å²) in [6.07, 6.45) is 0.0812. The van der Waals surface area contributed by atoms with E-state index in [0.29, 0.717) is 48.5 Å². The lowest BCUT2D eigenvalue weighted by Gasteiger charge is -2.33. The fourth-order valence-electron chi connectivity index (χ4n) is 5.14. The van der Waals surface area contributed by atoms with Crippen LogP contribution in [0.15, 0.2) is 41.2 Å². The van der Waals surface area contributed by atoms with Gasteiger partial charge in [-0.25, -0.2) is 9.78 Å². The number of methoxy groups -OCH3 is 1. The normalized spacial score (nSPS) is 21.2. The van der Waals surface area contributed by atoms with Crippen molar-refractivity contribution < 1.29 is 23.8 Å². The van der Waals surface area contributed by atoms with Crippen LogP contribution >= 0.6 is 0 Å². The van der Waals surface area contributed by atoms with E-state index in [4.69, 9.17) is 14.2 Å². The van der Waals surface area contributed by atoms with Gasteiger partial charge in [-0.05, 0) is 30.7 Å². The zero-order valence-corrected chi connectivity index (χ0v) is 20.3. The fourth-order valence-corrected chi connectivity index (χ4v) is 5.14. The molecular formula is C25H26N6O6. The van der Waals surface area contributed by atoms with Crippen molar-refractivity contribution in [3.8, 4) is 11.6 Å². The number of anilines is 2. The van der Waals surface area contributed by atoms with Crippen LogP contribution in [0.4, 0.5) is 16.4 Å². The van der Waals surface area contributed by atoms with Crippen LogP contribution in [0, 0.1) is 5.92 Å². The predicted molar refractivity (Wildman–Crippen MR) is 133 cm³/mol. The average molecular weight is 507 g/mol. The number of nitrogens with one attached hydrogen (secondary N) is 1. The molecule has 3 aliphatic heterocycles. The molecule has 2 saturated heterocycles. The third-order valence-electron chi connectivity index (χ3n) is 6.96. The second-order valence-corrected chi connectivity index (χ2v) is 9.35. The van der Waals surface area contributed by atoms with Gasteiger partial charge in [0.05, 0.1) is 7.11 Å². The molecule has 2 atom stereocenters. The number of rotatable bonds is 6. The van der Waals surface area contributed by atoms with E-state index in [1.807, 2.05) is 6.07 Å². The molecule has 0 aromatic carbocycles. The summed E-state index contributed by atoms with van der Waals surface area (Å²) in [5, 5.41) is 3.54. The molecule has 0 aliphatic carbocycles. The average Bonchev–Trinajstić information content (AvgIpc) is 3.30. The predicted octanol–water partition coefficient (Wildman–Crippen LogP) is 1.48. The number of likely N-dealkylation sites (tertiary alicyclic amines) is 1. The summed E-state index contributed by atoms with van der Waals surface area (Å²) in [6, 6.07) is 10.4. The molecule has 0 bridgehead atoms. The van der Waals surface area contributed by atoms with E-state index in [2.05, 4.69) is 20.2 Å². The summed E-state index contributed by atoms with van der Waals surface area (Å²) in [5.41, 5.74) is 0.498. The van der Waals surface area contributed by atoms with E-state index in [1.165, 1.54) is 4.90 Å². The molecule has 12 nitrogen and oxygen atoms in total. The lowest BCUT2D eigenvalue weighted by atomic mass is 10.0. The van der Waals surface area contributed by atoms with Gasteiger partial charge in [-0.1, -0.05) is 0 Å². The Morgan fingerprint density at radius 1 is 1.03 bits per heavy atom. The van der Waals surface area contributed by atoms with Gasteiger partial charge in [-0.15, -0.1) is 0 Å². The lowest BCUT2D eigenvalue weighted by Crippen LogP contribution is -2.48. The standard InChI is InChI=1S/C25H26N6O6/c1-35-21-7-3-15-4-8-22(33)30(24(15)28-21)10-2-9-29-11-16-12-31(25(34)37-18(16)13-29)19-6-5-17-23(26-19)27-20(32)14-36-17/h3-8,16,18H,2,9-14H2,1H3,(H,26,27,32)/t16-,18+/m1/s1. The smallest absolute Gasteiger partial charge is 0.415 e. The van der Waals surface area contributed by atoms with Crippen molar-refractivity contribution in [2.24, 2.45) is 5.92 Å². The quantitative estimate of drug-likeness (QED) is 0.529. The van der Waals surface area contributed by atoms with Gasteiger partial charge in [-0.2, -0.15) is 4.98 Å². The van der Waals surface area contributed by atoms with Crippen LogP contribution in [0.3, 0.4) is 0 Å². The number of carbonyl (C=O) groups is 2. The number of hydrogen-bond acceptors (Lipinski definition) is 9. The van der Waals surface area contributed by atoms with Crippen LogP contribution in [0.25, 0.3) is 11.0 Å². The minimum Gasteiger partial charge on any atom is -0.481 e. The van der Waals surface area contributed by atoms with Crippen LogP contribution in [0.5, 0.6) is 11.6 Å². The molecule has 0 radical (unpaired) electrons. The van der Waals surface area contributed by atoms with Crippen molar-refractivity contribution in [2.45, 2.75) is 19.1 Å². The van der Waals surface area contributed by atoms with Gasteiger partial charge >= 0.3 is 6.09 Å². The number of pyridine rings is 3. The fraction of sp³-hybridized carbons (Fsp3) is 0.400. The second kappa shape index (κ2) is 9.36. The molecule has 3 aromatic heterocycles. The van der Waals surface area contributed by atoms with Crippen molar-refractivity contribution in [1.29, 1.82) is 0 Å². The highest BCUT2D eigenvalue weighted by Gasteiger charge is 2.42. The number of carbonyl (C=O) groups excluding carboxylic acids is 2. The molecule has 2 fully saturated rings. The zero-order chi connectivity index (χ0) is 25.5. The largest absolute Gasteiger partial charge is 0.481 e. The van der Waals surface area contributed by atoms with Crippen molar-refractivity contribution >= 4 is 34.7 Å². The topological polar surface area (TPSA) is 128 Å². The maximum atomic E-state index is 12.8. The Morgan fingerprint density at radius 2 is 1.89 bits per heavy atom. The molecule has 0 spiro atoms. The third kappa shape index (κ3) is 4.44. The van der Waals surface area contributed by atoms with Crippen LogP contribution in [0.2, 0.25) is 0 Å². The monoisotopic (exact) mass is 506 g/mol. The highest BCUT2D eigenvalue weighted by molar-refractivity contribution is 5.95. The molecule has 0 saturated carbocycles. The molecule has 37 heavy (non-hydrogen) atoms. The number of aromatic nitrogens is 3. The van der Waals surface area contributed by atoms with E-state index >= 15 is 0 Å². The van der Waals surface area contributed by atoms with Gasteiger partial charge in [0.1, 0.15) is 17.6 Å². The maximum absolute atomic E-state index is 12.8. The molecule has 3 aromatic rings. The van der Waals surface area contributed by atoms with Gasteiger partial charge < -0.3 is 19.5 Å². The second-order valence-electron chi connectivity index (χ2n) is 9.35. The van der Waals surface area contributed by atoms with Gasteiger partial charge in [0.2, 0.25) is 5.88 Å². The Morgan fingerprint density at radius 3 is 2.76 bits per heavy atom. The molecule has 6 rings (SSSR count). The maximum Gasteiger partial charge on any atom is 0.415 e. The number of fused-ring (bicyclic) bond motifs is 3.